The molecule has 0 bridgehead atoms. The maximum absolute atomic E-state index is 12.5. The third-order valence-corrected chi connectivity index (χ3v) is 3.92. The van der Waals surface area contributed by atoms with Gasteiger partial charge in [-0.25, -0.2) is 4.98 Å². The predicted octanol–water partition coefficient (Wildman–Crippen LogP) is 1.52. The van der Waals surface area contributed by atoms with Crippen molar-refractivity contribution in [1.29, 1.82) is 0 Å². The van der Waals surface area contributed by atoms with Gasteiger partial charge in [0.2, 0.25) is 0 Å². The normalized spacial score (nSPS) is 20.1. The zero-order valence-electron chi connectivity index (χ0n) is 13.1. The molecule has 3 rings (SSSR count). The molecule has 0 radical (unpaired) electrons. The minimum absolute atomic E-state index is 0. The number of benzene rings is 1. The van der Waals surface area contributed by atoms with E-state index in [0.29, 0.717) is 18.1 Å². The van der Waals surface area contributed by atoms with Crippen LogP contribution < -0.4 is 10.6 Å². The Hall–Kier alpha value is -1.89. The number of imidazole rings is 1. The van der Waals surface area contributed by atoms with Gasteiger partial charge in [-0.15, -0.1) is 12.4 Å². The van der Waals surface area contributed by atoms with Crippen LogP contribution in [0.1, 0.15) is 16.2 Å². The number of hydrogen-bond donors (Lipinski definition) is 3. The van der Waals surface area contributed by atoms with E-state index in [1.165, 1.54) is 0 Å². The number of carbonyl (C=O) groups is 1. The molecule has 1 aliphatic rings. The Morgan fingerprint density at radius 1 is 1.30 bits per heavy atom. The van der Waals surface area contributed by atoms with Gasteiger partial charge in [0.15, 0.2) is 0 Å². The predicted molar refractivity (Wildman–Crippen MR) is 90.9 cm³/mol. The molecule has 3 N–H and O–H groups in total. The SMILES string of the molecule is CO[C@H]1CNC[C@@H]1NC(=O)c1nc(-c2ccccc2)[nH]c1C.Cl. The van der Waals surface area contributed by atoms with Crippen molar-refractivity contribution in [3.8, 4) is 11.4 Å². The highest BCUT2D eigenvalue weighted by molar-refractivity contribution is 5.94. The Morgan fingerprint density at radius 3 is 2.74 bits per heavy atom. The van der Waals surface area contributed by atoms with Gasteiger partial charge in [0.05, 0.1) is 12.1 Å². The second-order valence-corrected chi connectivity index (χ2v) is 5.44. The minimum Gasteiger partial charge on any atom is -0.378 e. The molecular formula is C16H21ClN4O2. The molecule has 6 nitrogen and oxygen atoms in total. The standard InChI is InChI=1S/C16H20N4O2.ClH/c1-10-14(16(21)19-12-8-17-9-13(12)22-2)20-15(18-10)11-6-4-3-5-7-11;/h3-7,12-13,17H,8-9H2,1-2H3,(H,18,20)(H,19,21);1H/t12-,13-;/m0./s1. The number of aromatic nitrogens is 2. The number of hydrogen-bond acceptors (Lipinski definition) is 4. The van der Waals surface area contributed by atoms with Crippen molar-refractivity contribution in [3.63, 3.8) is 0 Å². The molecule has 7 heteroatoms. The van der Waals surface area contributed by atoms with E-state index in [0.717, 1.165) is 17.8 Å². The molecule has 1 saturated heterocycles. The van der Waals surface area contributed by atoms with Crippen LogP contribution in [0, 0.1) is 6.92 Å². The number of rotatable bonds is 4. The Labute approximate surface area is 141 Å². The smallest absolute Gasteiger partial charge is 0.272 e. The molecule has 2 heterocycles. The molecule has 1 aromatic heterocycles. The average Bonchev–Trinajstić information content (AvgIpc) is 3.14. The fourth-order valence-electron chi connectivity index (χ4n) is 2.70. The highest BCUT2D eigenvalue weighted by Gasteiger charge is 2.29. The summed E-state index contributed by atoms with van der Waals surface area (Å²) in [5, 5.41) is 6.20. The molecule has 1 amide bonds. The largest absolute Gasteiger partial charge is 0.378 e. The summed E-state index contributed by atoms with van der Waals surface area (Å²) in [5.41, 5.74) is 2.15. The van der Waals surface area contributed by atoms with Crippen molar-refractivity contribution in [2.24, 2.45) is 0 Å². The molecule has 2 atom stereocenters. The van der Waals surface area contributed by atoms with Crippen LogP contribution in [0.4, 0.5) is 0 Å². The number of aryl methyl sites for hydroxylation is 1. The summed E-state index contributed by atoms with van der Waals surface area (Å²) in [4.78, 5) is 20.1. The Kier molecular flexibility index (Phi) is 5.76. The van der Waals surface area contributed by atoms with Crippen LogP contribution in [0.5, 0.6) is 0 Å². The first-order valence-corrected chi connectivity index (χ1v) is 7.35. The number of carbonyl (C=O) groups excluding carboxylic acids is 1. The monoisotopic (exact) mass is 336 g/mol. The number of H-pyrrole nitrogens is 1. The van der Waals surface area contributed by atoms with E-state index < -0.39 is 0 Å². The van der Waals surface area contributed by atoms with Crippen molar-refractivity contribution in [2.45, 2.75) is 19.1 Å². The highest BCUT2D eigenvalue weighted by atomic mass is 35.5. The summed E-state index contributed by atoms with van der Waals surface area (Å²) < 4.78 is 5.36. The first-order valence-electron chi connectivity index (χ1n) is 7.35. The van der Waals surface area contributed by atoms with Crippen molar-refractivity contribution < 1.29 is 9.53 Å². The molecule has 1 fully saturated rings. The molecule has 0 unspecified atom stereocenters. The molecule has 0 saturated carbocycles. The molecule has 1 aliphatic heterocycles. The fraction of sp³-hybridized carbons (Fsp3) is 0.375. The third kappa shape index (κ3) is 3.72. The maximum Gasteiger partial charge on any atom is 0.272 e. The second kappa shape index (κ2) is 7.59. The maximum atomic E-state index is 12.5. The number of amides is 1. The van der Waals surface area contributed by atoms with Crippen LogP contribution >= 0.6 is 12.4 Å². The summed E-state index contributed by atoms with van der Waals surface area (Å²) in [7, 11) is 1.66. The number of nitrogens with zero attached hydrogens (tertiary/aromatic N) is 1. The average molecular weight is 337 g/mol. The highest BCUT2D eigenvalue weighted by Crippen LogP contribution is 2.17. The first-order chi connectivity index (χ1) is 10.7. The van der Waals surface area contributed by atoms with Crippen LogP contribution in [-0.4, -0.2) is 48.2 Å². The number of aromatic amines is 1. The number of methoxy groups -OCH3 is 1. The molecule has 1 aromatic carbocycles. The van der Waals surface area contributed by atoms with Crippen LogP contribution in [0.25, 0.3) is 11.4 Å². The summed E-state index contributed by atoms with van der Waals surface area (Å²) in [6, 6.07) is 9.73. The van der Waals surface area contributed by atoms with Gasteiger partial charge in [-0.3, -0.25) is 4.79 Å². The summed E-state index contributed by atoms with van der Waals surface area (Å²) in [6.45, 7) is 3.31. The lowest BCUT2D eigenvalue weighted by Crippen LogP contribution is -2.43. The lowest BCUT2D eigenvalue weighted by Gasteiger charge is -2.18. The van der Waals surface area contributed by atoms with E-state index in [4.69, 9.17) is 4.74 Å². The van der Waals surface area contributed by atoms with Crippen molar-refractivity contribution in [1.82, 2.24) is 20.6 Å². The lowest BCUT2D eigenvalue weighted by atomic mass is 10.2. The van der Waals surface area contributed by atoms with Gasteiger partial charge < -0.3 is 20.4 Å². The van der Waals surface area contributed by atoms with E-state index >= 15 is 0 Å². The molecule has 2 aromatic rings. The van der Waals surface area contributed by atoms with Crippen LogP contribution in [0.3, 0.4) is 0 Å². The quantitative estimate of drug-likeness (QED) is 0.791. The van der Waals surface area contributed by atoms with Crippen LogP contribution in [-0.2, 0) is 4.74 Å². The van der Waals surface area contributed by atoms with Gasteiger partial charge in [0, 0.05) is 31.5 Å². The van der Waals surface area contributed by atoms with Gasteiger partial charge in [0.1, 0.15) is 11.5 Å². The van der Waals surface area contributed by atoms with E-state index in [2.05, 4.69) is 20.6 Å². The van der Waals surface area contributed by atoms with Crippen LogP contribution in [0.15, 0.2) is 30.3 Å². The Morgan fingerprint density at radius 2 is 2.04 bits per heavy atom. The van der Waals surface area contributed by atoms with Crippen LogP contribution in [0.2, 0.25) is 0 Å². The second-order valence-electron chi connectivity index (χ2n) is 5.44. The summed E-state index contributed by atoms with van der Waals surface area (Å²) in [5.74, 6) is 0.530. The van der Waals surface area contributed by atoms with E-state index in [1.54, 1.807) is 7.11 Å². The molecule has 0 aliphatic carbocycles. The van der Waals surface area contributed by atoms with Gasteiger partial charge in [-0.2, -0.15) is 0 Å². The number of ether oxygens (including phenoxy) is 1. The zero-order valence-corrected chi connectivity index (χ0v) is 13.9. The van der Waals surface area contributed by atoms with Crippen molar-refractivity contribution in [3.05, 3.63) is 41.7 Å². The molecular weight excluding hydrogens is 316 g/mol. The number of nitrogens with one attached hydrogen (secondary N) is 3. The number of halogens is 1. The van der Waals surface area contributed by atoms with Gasteiger partial charge in [0.25, 0.3) is 5.91 Å². The first kappa shape index (κ1) is 17.5. The molecule has 0 spiro atoms. The van der Waals surface area contributed by atoms with Crippen molar-refractivity contribution in [2.75, 3.05) is 20.2 Å². The summed E-state index contributed by atoms with van der Waals surface area (Å²) >= 11 is 0. The van der Waals surface area contributed by atoms with E-state index in [1.807, 2.05) is 37.3 Å². The summed E-state index contributed by atoms with van der Waals surface area (Å²) in [6.07, 6.45) is -0.00297. The Balaban J connectivity index is 0.00000192. The van der Waals surface area contributed by atoms with Gasteiger partial charge in [-0.05, 0) is 6.92 Å². The lowest BCUT2D eigenvalue weighted by molar-refractivity contribution is 0.0776. The van der Waals surface area contributed by atoms with Crippen molar-refractivity contribution >= 4 is 18.3 Å². The van der Waals surface area contributed by atoms with E-state index in [9.17, 15) is 4.79 Å². The van der Waals surface area contributed by atoms with E-state index in [-0.39, 0.29) is 30.5 Å². The van der Waals surface area contributed by atoms with Gasteiger partial charge >= 0.3 is 0 Å². The minimum atomic E-state index is -0.174. The van der Waals surface area contributed by atoms with Gasteiger partial charge in [-0.1, -0.05) is 30.3 Å². The molecule has 23 heavy (non-hydrogen) atoms. The third-order valence-electron chi connectivity index (χ3n) is 3.92. The Bertz CT molecular complexity index is 659. The fourth-order valence-corrected chi connectivity index (χ4v) is 2.70. The molecule has 124 valence electrons. The zero-order chi connectivity index (χ0) is 15.5. The topological polar surface area (TPSA) is 79.0 Å².